The van der Waals surface area contributed by atoms with Crippen molar-refractivity contribution < 1.29 is 5.11 Å². The summed E-state index contributed by atoms with van der Waals surface area (Å²) in [5.74, 6) is 0.602. The molecule has 2 nitrogen and oxygen atoms in total. The molecule has 0 heterocycles. The molecule has 0 fully saturated rings. The highest BCUT2D eigenvalue weighted by Gasteiger charge is 2.08. The number of phenols is 1. The van der Waals surface area contributed by atoms with E-state index >= 15 is 0 Å². The van der Waals surface area contributed by atoms with Gasteiger partial charge in [0, 0.05) is 0 Å². The summed E-state index contributed by atoms with van der Waals surface area (Å²) in [6.07, 6.45) is 1.04. The maximum absolute atomic E-state index is 9.32. The number of nitrogen functional groups attached to an aromatic ring is 1. The van der Waals surface area contributed by atoms with Crippen LogP contribution in [-0.2, 0) is 0 Å². The van der Waals surface area contributed by atoms with Crippen molar-refractivity contribution >= 4 is 5.69 Å². The number of hydrogen-bond acceptors (Lipinski definition) is 2. The maximum atomic E-state index is 9.32. The Morgan fingerprint density at radius 1 is 1.50 bits per heavy atom. The molecule has 2 heteroatoms. The first-order valence-corrected chi connectivity index (χ1v) is 4.24. The van der Waals surface area contributed by atoms with E-state index in [0.29, 0.717) is 11.6 Å². The van der Waals surface area contributed by atoms with Gasteiger partial charge in [-0.1, -0.05) is 26.0 Å². The minimum absolute atomic E-state index is 0.188. The second-order valence-electron chi connectivity index (χ2n) is 3.09. The molecule has 0 radical (unpaired) electrons. The molecule has 12 heavy (non-hydrogen) atoms. The third-order valence-electron chi connectivity index (χ3n) is 2.26. The molecule has 0 aliphatic rings. The van der Waals surface area contributed by atoms with E-state index in [1.807, 2.05) is 12.1 Å². The number of anilines is 1. The Balaban J connectivity index is 3.07. The zero-order valence-corrected chi connectivity index (χ0v) is 7.54. The molecule has 0 aromatic heterocycles. The molecule has 0 spiro atoms. The summed E-state index contributed by atoms with van der Waals surface area (Å²) in [5.41, 5.74) is 7.27. The minimum atomic E-state index is 0.188. The van der Waals surface area contributed by atoms with E-state index in [1.165, 1.54) is 0 Å². The Kier molecular flexibility index (Phi) is 2.58. The molecular formula is C10H15NO. The first-order chi connectivity index (χ1) is 5.66. The Bertz CT molecular complexity index is 271. The highest BCUT2D eigenvalue weighted by atomic mass is 16.3. The molecule has 1 unspecified atom stereocenters. The average Bonchev–Trinajstić information content (AvgIpc) is 2.08. The molecule has 66 valence electrons. The fourth-order valence-corrected chi connectivity index (χ4v) is 1.22. The van der Waals surface area contributed by atoms with Gasteiger partial charge in [-0.05, 0) is 24.0 Å². The summed E-state index contributed by atoms with van der Waals surface area (Å²) < 4.78 is 0. The zero-order valence-electron chi connectivity index (χ0n) is 7.54. The Morgan fingerprint density at radius 2 is 2.17 bits per heavy atom. The van der Waals surface area contributed by atoms with Gasteiger partial charge in [-0.15, -0.1) is 0 Å². The number of rotatable bonds is 2. The second-order valence-corrected chi connectivity index (χ2v) is 3.09. The van der Waals surface area contributed by atoms with Crippen LogP contribution in [0.4, 0.5) is 5.69 Å². The molecular weight excluding hydrogens is 150 g/mol. The highest BCUT2D eigenvalue weighted by Crippen LogP contribution is 2.30. The molecule has 0 saturated carbocycles. The van der Waals surface area contributed by atoms with E-state index in [0.717, 1.165) is 12.0 Å². The quantitative estimate of drug-likeness (QED) is 0.522. The van der Waals surface area contributed by atoms with Crippen molar-refractivity contribution in [3.8, 4) is 5.75 Å². The van der Waals surface area contributed by atoms with Gasteiger partial charge in [0.2, 0.25) is 0 Å². The number of nitrogens with two attached hydrogens (primary N) is 1. The first-order valence-electron chi connectivity index (χ1n) is 4.24. The van der Waals surface area contributed by atoms with Gasteiger partial charge in [-0.3, -0.25) is 0 Å². The topological polar surface area (TPSA) is 46.2 Å². The van der Waals surface area contributed by atoms with Crippen molar-refractivity contribution in [3.63, 3.8) is 0 Å². The lowest BCUT2D eigenvalue weighted by Gasteiger charge is -2.12. The van der Waals surface area contributed by atoms with Crippen molar-refractivity contribution in [2.45, 2.75) is 26.2 Å². The van der Waals surface area contributed by atoms with Crippen LogP contribution in [0.2, 0.25) is 0 Å². The standard InChI is InChI=1S/C10H15NO/c1-3-7(2)8-5-4-6-9(12)10(8)11/h4-7,12H,3,11H2,1-2H3. The van der Waals surface area contributed by atoms with Crippen LogP contribution in [-0.4, -0.2) is 5.11 Å². The fraction of sp³-hybridized carbons (Fsp3) is 0.400. The summed E-state index contributed by atoms with van der Waals surface area (Å²) in [7, 11) is 0. The van der Waals surface area contributed by atoms with E-state index in [1.54, 1.807) is 6.07 Å². The summed E-state index contributed by atoms with van der Waals surface area (Å²) in [6.45, 7) is 4.21. The van der Waals surface area contributed by atoms with Gasteiger partial charge in [0.25, 0.3) is 0 Å². The first kappa shape index (κ1) is 8.91. The predicted molar refractivity (Wildman–Crippen MR) is 51.2 cm³/mol. The van der Waals surface area contributed by atoms with Gasteiger partial charge in [-0.25, -0.2) is 0 Å². The number of para-hydroxylation sites is 1. The average molecular weight is 165 g/mol. The predicted octanol–water partition coefficient (Wildman–Crippen LogP) is 2.49. The van der Waals surface area contributed by atoms with E-state index in [-0.39, 0.29) is 5.75 Å². The van der Waals surface area contributed by atoms with Crippen molar-refractivity contribution in [2.24, 2.45) is 0 Å². The molecule has 0 aliphatic carbocycles. The van der Waals surface area contributed by atoms with Crippen LogP contribution in [0.15, 0.2) is 18.2 Å². The van der Waals surface area contributed by atoms with Crippen LogP contribution in [0.3, 0.4) is 0 Å². The number of benzene rings is 1. The molecule has 0 aliphatic heterocycles. The van der Waals surface area contributed by atoms with E-state index in [9.17, 15) is 5.11 Å². The van der Waals surface area contributed by atoms with Crippen molar-refractivity contribution in [2.75, 3.05) is 5.73 Å². The summed E-state index contributed by atoms with van der Waals surface area (Å²) in [4.78, 5) is 0. The fourth-order valence-electron chi connectivity index (χ4n) is 1.22. The van der Waals surface area contributed by atoms with Gasteiger partial charge in [0.1, 0.15) is 5.75 Å². The van der Waals surface area contributed by atoms with Crippen LogP contribution in [0.25, 0.3) is 0 Å². The van der Waals surface area contributed by atoms with E-state index in [2.05, 4.69) is 13.8 Å². The number of phenolic OH excluding ortho intramolecular Hbond substituents is 1. The third kappa shape index (κ3) is 1.52. The van der Waals surface area contributed by atoms with Crippen molar-refractivity contribution in [1.82, 2.24) is 0 Å². The number of hydrogen-bond donors (Lipinski definition) is 2. The van der Waals surface area contributed by atoms with Crippen LogP contribution in [0.1, 0.15) is 31.7 Å². The lowest BCUT2D eigenvalue weighted by Crippen LogP contribution is -1.98. The highest BCUT2D eigenvalue weighted by molar-refractivity contribution is 5.58. The minimum Gasteiger partial charge on any atom is -0.506 e. The molecule has 0 bridgehead atoms. The number of aromatic hydroxyl groups is 1. The smallest absolute Gasteiger partial charge is 0.138 e. The normalized spacial score (nSPS) is 12.8. The van der Waals surface area contributed by atoms with Crippen LogP contribution in [0, 0.1) is 0 Å². The molecule has 1 atom stereocenters. The molecule has 1 rings (SSSR count). The molecule has 1 aromatic rings. The van der Waals surface area contributed by atoms with Gasteiger partial charge in [0.15, 0.2) is 0 Å². The largest absolute Gasteiger partial charge is 0.506 e. The lowest BCUT2D eigenvalue weighted by atomic mass is 9.97. The monoisotopic (exact) mass is 165 g/mol. The van der Waals surface area contributed by atoms with Crippen molar-refractivity contribution in [1.29, 1.82) is 0 Å². The zero-order chi connectivity index (χ0) is 9.14. The van der Waals surface area contributed by atoms with Crippen LogP contribution in [0.5, 0.6) is 5.75 Å². The molecule has 1 aromatic carbocycles. The second kappa shape index (κ2) is 3.48. The Hall–Kier alpha value is -1.18. The van der Waals surface area contributed by atoms with Gasteiger partial charge >= 0.3 is 0 Å². The summed E-state index contributed by atoms with van der Waals surface area (Å²) in [6, 6.07) is 5.40. The molecule has 0 saturated heterocycles. The Labute approximate surface area is 73.0 Å². The van der Waals surface area contributed by atoms with Gasteiger partial charge in [-0.2, -0.15) is 0 Å². The summed E-state index contributed by atoms with van der Waals surface area (Å²) >= 11 is 0. The van der Waals surface area contributed by atoms with E-state index in [4.69, 9.17) is 5.73 Å². The van der Waals surface area contributed by atoms with Crippen molar-refractivity contribution in [3.05, 3.63) is 23.8 Å². The van der Waals surface area contributed by atoms with Gasteiger partial charge in [0.05, 0.1) is 5.69 Å². The SMILES string of the molecule is CCC(C)c1cccc(O)c1N. The van der Waals surface area contributed by atoms with Gasteiger partial charge < -0.3 is 10.8 Å². The van der Waals surface area contributed by atoms with Crippen LogP contribution < -0.4 is 5.73 Å². The third-order valence-corrected chi connectivity index (χ3v) is 2.26. The molecule has 3 N–H and O–H groups in total. The lowest BCUT2D eigenvalue weighted by molar-refractivity contribution is 0.476. The van der Waals surface area contributed by atoms with Crippen LogP contribution >= 0.6 is 0 Å². The van der Waals surface area contributed by atoms with E-state index < -0.39 is 0 Å². The summed E-state index contributed by atoms with van der Waals surface area (Å²) in [5, 5.41) is 9.32. The molecule has 0 amide bonds. The Morgan fingerprint density at radius 3 is 2.75 bits per heavy atom. The maximum Gasteiger partial charge on any atom is 0.138 e.